The summed E-state index contributed by atoms with van der Waals surface area (Å²) in [7, 11) is 0. The Morgan fingerprint density at radius 2 is 2.47 bits per heavy atom. The Morgan fingerprint density at radius 3 is 3.24 bits per heavy atom. The predicted molar refractivity (Wildman–Crippen MR) is 65.8 cm³/mol. The minimum Gasteiger partial charge on any atom is -0.382 e. The van der Waals surface area contributed by atoms with Crippen molar-refractivity contribution < 1.29 is 4.79 Å². The topological polar surface area (TPSA) is 75.0 Å². The van der Waals surface area contributed by atoms with Crippen LogP contribution in [-0.4, -0.2) is 27.5 Å². The minimum absolute atomic E-state index is 0.0822. The number of fused-ring (bicyclic) bond motifs is 1. The number of H-pyrrole nitrogens is 1. The van der Waals surface area contributed by atoms with Crippen LogP contribution in [0.15, 0.2) is 17.5 Å². The van der Waals surface area contributed by atoms with Gasteiger partial charge in [-0.05, 0) is 17.9 Å². The van der Waals surface area contributed by atoms with Gasteiger partial charge in [-0.2, -0.15) is 5.10 Å². The number of rotatable bonds is 1. The Bertz CT molecular complexity index is 546. The van der Waals surface area contributed by atoms with Crippen LogP contribution < -0.4 is 5.73 Å². The van der Waals surface area contributed by atoms with Crippen LogP contribution in [0.3, 0.4) is 0 Å². The van der Waals surface area contributed by atoms with Crippen LogP contribution in [0.4, 0.5) is 5.82 Å². The fraction of sp³-hybridized carbons (Fsp3) is 0.273. The quantitative estimate of drug-likeness (QED) is 0.797. The molecule has 3 N–H and O–H groups in total. The summed E-state index contributed by atoms with van der Waals surface area (Å²) < 4.78 is 0. The molecule has 5 nitrogen and oxygen atoms in total. The molecule has 2 aromatic rings. The van der Waals surface area contributed by atoms with E-state index in [0.29, 0.717) is 18.9 Å². The van der Waals surface area contributed by atoms with Gasteiger partial charge in [0.25, 0.3) is 5.91 Å². The normalized spacial score (nSPS) is 14.7. The third kappa shape index (κ3) is 1.70. The first-order valence-electron chi connectivity index (χ1n) is 5.40. The first-order chi connectivity index (χ1) is 8.25. The van der Waals surface area contributed by atoms with Crippen molar-refractivity contribution >= 4 is 23.1 Å². The van der Waals surface area contributed by atoms with Gasteiger partial charge in [0.15, 0.2) is 0 Å². The van der Waals surface area contributed by atoms with Gasteiger partial charge in [-0.1, -0.05) is 6.07 Å². The Hall–Kier alpha value is -1.82. The number of nitrogens with one attached hydrogen (secondary N) is 1. The van der Waals surface area contributed by atoms with E-state index in [1.807, 2.05) is 22.4 Å². The van der Waals surface area contributed by atoms with Gasteiger partial charge < -0.3 is 10.6 Å². The minimum atomic E-state index is 0.0822. The average molecular weight is 248 g/mol. The van der Waals surface area contributed by atoms with Gasteiger partial charge in [-0.25, -0.2) is 0 Å². The van der Waals surface area contributed by atoms with Crippen molar-refractivity contribution in [2.45, 2.75) is 13.0 Å². The summed E-state index contributed by atoms with van der Waals surface area (Å²) in [6, 6.07) is 3.74. The monoisotopic (exact) mass is 248 g/mol. The van der Waals surface area contributed by atoms with Crippen molar-refractivity contribution in [3.63, 3.8) is 0 Å². The number of aromatic amines is 1. The second-order valence-corrected chi connectivity index (χ2v) is 4.97. The molecule has 0 aromatic carbocycles. The summed E-state index contributed by atoms with van der Waals surface area (Å²) in [5.41, 5.74) is 7.75. The van der Waals surface area contributed by atoms with Crippen molar-refractivity contribution in [3.8, 4) is 0 Å². The van der Waals surface area contributed by atoms with E-state index >= 15 is 0 Å². The summed E-state index contributed by atoms with van der Waals surface area (Å²) >= 11 is 1.47. The first kappa shape index (κ1) is 10.3. The Labute approximate surface area is 102 Å². The second-order valence-electron chi connectivity index (χ2n) is 4.02. The number of nitrogens with two attached hydrogens (primary N) is 1. The summed E-state index contributed by atoms with van der Waals surface area (Å²) in [5.74, 6) is 0.641. The van der Waals surface area contributed by atoms with Crippen molar-refractivity contribution in [1.29, 1.82) is 0 Å². The highest BCUT2D eigenvalue weighted by Crippen LogP contribution is 2.23. The molecule has 0 radical (unpaired) electrons. The van der Waals surface area contributed by atoms with Gasteiger partial charge in [0.2, 0.25) is 0 Å². The molecule has 1 amide bonds. The molecule has 3 rings (SSSR count). The van der Waals surface area contributed by atoms with Crippen LogP contribution in [-0.2, 0) is 13.0 Å². The van der Waals surface area contributed by atoms with Gasteiger partial charge >= 0.3 is 0 Å². The Balaban J connectivity index is 1.83. The van der Waals surface area contributed by atoms with Crippen molar-refractivity contribution in [3.05, 3.63) is 33.6 Å². The molecule has 0 aliphatic carbocycles. The Kier molecular flexibility index (Phi) is 2.36. The number of amides is 1. The highest BCUT2D eigenvalue weighted by Gasteiger charge is 2.25. The summed E-state index contributed by atoms with van der Waals surface area (Å²) in [6.45, 7) is 1.27. The van der Waals surface area contributed by atoms with Crippen LogP contribution in [0, 0.1) is 0 Å². The van der Waals surface area contributed by atoms with Crippen LogP contribution in [0.25, 0.3) is 0 Å². The molecule has 0 unspecified atom stereocenters. The molecule has 2 aromatic heterocycles. The van der Waals surface area contributed by atoms with Crippen molar-refractivity contribution in [1.82, 2.24) is 15.1 Å². The molecular formula is C11H12N4OS. The standard InChI is InChI=1S/C11H12N4OS/c12-10-7-3-4-15(6-8(7)13-14-10)11(16)9-2-1-5-17-9/h1-2,5H,3-4,6H2,(H3,12,13,14). The summed E-state index contributed by atoms with van der Waals surface area (Å²) in [6.07, 6.45) is 0.773. The summed E-state index contributed by atoms with van der Waals surface area (Å²) in [4.78, 5) is 14.8. The lowest BCUT2D eigenvalue weighted by Crippen LogP contribution is -2.35. The molecule has 0 saturated carbocycles. The molecule has 0 spiro atoms. The Morgan fingerprint density at radius 1 is 1.59 bits per heavy atom. The summed E-state index contributed by atoms with van der Waals surface area (Å²) in [5, 5.41) is 8.78. The molecule has 1 aliphatic heterocycles. The first-order valence-corrected chi connectivity index (χ1v) is 6.28. The number of hydrogen-bond donors (Lipinski definition) is 2. The maximum Gasteiger partial charge on any atom is 0.264 e. The zero-order chi connectivity index (χ0) is 11.8. The largest absolute Gasteiger partial charge is 0.382 e. The van der Waals surface area contributed by atoms with Gasteiger partial charge in [-0.15, -0.1) is 11.3 Å². The van der Waals surface area contributed by atoms with Gasteiger partial charge in [0.1, 0.15) is 5.82 Å². The third-order valence-electron chi connectivity index (χ3n) is 2.98. The van der Waals surface area contributed by atoms with Crippen LogP contribution >= 0.6 is 11.3 Å². The van der Waals surface area contributed by atoms with E-state index in [1.165, 1.54) is 11.3 Å². The number of nitrogens with zero attached hydrogens (tertiary/aromatic N) is 2. The van der Waals surface area contributed by atoms with Crippen molar-refractivity contribution in [2.24, 2.45) is 0 Å². The fourth-order valence-electron chi connectivity index (χ4n) is 2.07. The van der Waals surface area contributed by atoms with E-state index < -0.39 is 0 Å². The molecule has 17 heavy (non-hydrogen) atoms. The van der Waals surface area contributed by atoms with Crippen LogP contribution in [0.1, 0.15) is 20.9 Å². The maximum absolute atomic E-state index is 12.1. The lowest BCUT2D eigenvalue weighted by molar-refractivity contribution is 0.0737. The molecule has 6 heteroatoms. The maximum atomic E-state index is 12.1. The zero-order valence-corrected chi connectivity index (χ0v) is 9.96. The molecule has 1 aliphatic rings. The van der Waals surface area contributed by atoms with Crippen LogP contribution in [0.5, 0.6) is 0 Å². The number of aromatic nitrogens is 2. The highest BCUT2D eigenvalue weighted by molar-refractivity contribution is 7.12. The molecule has 0 bridgehead atoms. The number of nitrogen functional groups attached to an aromatic ring is 1. The average Bonchev–Trinajstić information content (AvgIpc) is 2.98. The second kappa shape index (κ2) is 3.89. The van der Waals surface area contributed by atoms with E-state index in [4.69, 9.17) is 5.73 Å². The predicted octanol–water partition coefficient (Wildman–Crippen LogP) is 1.25. The molecule has 88 valence electrons. The van der Waals surface area contributed by atoms with E-state index in [1.54, 1.807) is 0 Å². The van der Waals surface area contributed by atoms with E-state index in [0.717, 1.165) is 22.6 Å². The molecular weight excluding hydrogens is 236 g/mol. The number of carbonyl (C=O) groups excluding carboxylic acids is 1. The van der Waals surface area contributed by atoms with Gasteiger partial charge in [0, 0.05) is 12.1 Å². The van der Waals surface area contributed by atoms with E-state index in [2.05, 4.69) is 10.2 Å². The van der Waals surface area contributed by atoms with Gasteiger partial charge in [-0.3, -0.25) is 9.89 Å². The molecule has 0 saturated heterocycles. The highest BCUT2D eigenvalue weighted by atomic mass is 32.1. The van der Waals surface area contributed by atoms with E-state index in [9.17, 15) is 4.79 Å². The lowest BCUT2D eigenvalue weighted by Gasteiger charge is -2.26. The SMILES string of the molecule is Nc1n[nH]c2c1CCN(C(=O)c1cccs1)C2. The van der Waals surface area contributed by atoms with Gasteiger partial charge in [0.05, 0.1) is 17.1 Å². The lowest BCUT2D eigenvalue weighted by atomic mass is 10.1. The van der Waals surface area contributed by atoms with Crippen molar-refractivity contribution in [2.75, 3.05) is 12.3 Å². The fourth-order valence-corrected chi connectivity index (χ4v) is 2.76. The smallest absolute Gasteiger partial charge is 0.264 e. The third-order valence-corrected chi connectivity index (χ3v) is 3.84. The van der Waals surface area contributed by atoms with E-state index in [-0.39, 0.29) is 5.91 Å². The molecule has 0 atom stereocenters. The number of carbonyl (C=O) groups is 1. The number of anilines is 1. The molecule has 3 heterocycles. The molecule has 0 fully saturated rings. The number of hydrogen-bond acceptors (Lipinski definition) is 4. The zero-order valence-electron chi connectivity index (χ0n) is 9.14. The van der Waals surface area contributed by atoms with Crippen LogP contribution in [0.2, 0.25) is 0 Å². The number of thiophene rings is 1.